The highest BCUT2D eigenvalue weighted by Crippen LogP contribution is 2.56. The summed E-state index contributed by atoms with van der Waals surface area (Å²) in [4.78, 5) is -0.260. The predicted molar refractivity (Wildman–Crippen MR) is 121 cm³/mol. The Labute approximate surface area is 218 Å². The lowest BCUT2D eigenvalue weighted by molar-refractivity contribution is -0.398. The van der Waals surface area contributed by atoms with E-state index in [-0.39, 0.29) is 11.3 Å². The van der Waals surface area contributed by atoms with E-state index in [2.05, 4.69) is 27.8 Å². The Hall–Kier alpha value is -0.730. The topological polar surface area (TPSA) is 37.4 Å². The number of hydrogen-bond acceptors (Lipinski definition) is 2. The molecule has 3 nitrogen and oxygen atoms in total. The smallest absolute Gasteiger partial charge is 0.207 e. The summed E-state index contributed by atoms with van der Waals surface area (Å²) in [6.45, 7) is -0.205. The summed E-state index contributed by atoms with van der Waals surface area (Å²) in [7, 11) is -4.35. The Morgan fingerprint density at radius 1 is 1.06 bits per heavy atom. The Balaban J connectivity index is 2.48. The number of rotatable bonds is 7. The molecule has 15 heteroatoms. The molecule has 1 fully saturated rings. The molecule has 0 aromatic heterocycles. The summed E-state index contributed by atoms with van der Waals surface area (Å²) in [6.07, 6.45) is -8.86. The van der Waals surface area contributed by atoms with Crippen molar-refractivity contribution in [3.63, 3.8) is 0 Å². The molecule has 1 aliphatic rings. The van der Waals surface area contributed by atoms with Crippen LogP contribution in [0.5, 0.6) is 0 Å². The van der Waals surface area contributed by atoms with Crippen molar-refractivity contribution in [2.45, 2.75) is 48.6 Å². The molecular formula is C20H18BrF9INO2S. The summed E-state index contributed by atoms with van der Waals surface area (Å²) in [6, 6.07) is 5.15. The van der Waals surface area contributed by atoms with Gasteiger partial charge in [-0.1, -0.05) is 44.4 Å². The maximum atomic E-state index is 14.4. The molecule has 1 aliphatic heterocycles. The molecule has 35 heavy (non-hydrogen) atoms. The van der Waals surface area contributed by atoms with Crippen molar-refractivity contribution in [1.29, 1.82) is 0 Å². The standard InChI is InChI=1S/C20H18BrF9INO2S/c1-16(8-2-3-9-31)12-32(35(33,34)15-6-4-14(21)5-7-15)11-13(16)10-17(22,23)18(24,25)19(26,27)20(28,29)30/h4-7,13H,3,9-12H2,1H3. The summed E-state index contributed by atoms with van der Waals surface area (Å²) < 4.78 is 149. The van der Waals surface area contributed by atoms with Gasteiger partial charge in [0.2, 0.25) is 10.0 Å². The molecule has 2 rings (SSSR count). The average Bonchev–Trinajstić information content (AvgIpc) is 3.04. The van der Waals surface area contributed by atoms with E-state index < -0.39 is 64.8 Å². The molecule has 1 aromatic carbocycles. The third-order valence-corrected chi connectivity index (χ3v) is 8.48. The number of benzene rings is 1. The van der Waals surface area contributed by atoms with Crippen LogP contribution in [0, 0.1) is 23.2 Å². The van der Waals surface area contributed by atoms with Crippen LogP contribution in [0.15, 0.2) is 33.6 Å². The number of nitrogens with zero attached hydrogens (tertiary/aromatic N) is 1. The second-order valence-corrected chi connectivity index (χ2v) is 12.1. The Morgan fingerprint density at radius 3 is 2.09 bits per heavy atom. The van der Waals surface area contributed by atoms with Crippen LogP contribution in [0.1, 0.15) is 19.8 Å². The maximum absolute atomic E-state index is 14.4. The quantitative estimate of drug-likeness (QED) is 0.136. The average molecular weight is 714 g/mol. The van der Waals surface area contributed by atoms with Gasteiger partial charge in [-0.2, -0.15) is 43.8 Å². The molecule has 0 bridgehead atoms. The summed E-state index contributed by atoms with van der Waals surface area (Å²) in [5, 5.41) is 0. The first-order valence-electron chi connectivity index (χ1n) is 9.75. The number of hydrogen-bond donors (Lipinski definition) is 0. The number of alkyl halides is 10. The van der Waals surface area contributed by atoms with Crippen LogP contribution in [0.3, 0.4) is 0 Å². The van der Waals surface area contributed by atoms with Crippen molar-refractivity contribution in [2.24, 2.45) is 11.3 Å². The van der Waals surface area contributed by atoms with Crippen LogP contribution in [-0.2, 0) is 10.0 Å². The van der Waals surface area contributed by atoms with Gasteiger partial charge in [0.25, 0.3) is 0 Å². The molecular weight excluding hydrogens is 696 g/mol. The first-order chi connectivity index (χ1) is 15.7. The van der Waals surface area contributed by atoms with Crippen LogP contribution in [0.4, 0.5) is 39.5 Å². The van der Waals surface area contributed by atoms with Gasteiger partial charge < -0.3 is 0 Å². The van der Waals surface area contributed by atoms with Crippen LogP contribution in [-0.4, -0.2) is 54.2 Å². The summed E-state index contributed by atoms with van der Waals surface area (Å²) in [5.74, 6) is -16.3. The first-order valence-corrected chi connectivity index (χ1v) is 13.5. The summed E-state index contributed by atoms with van der Waals surface area (Å²) >= 11 is 5.06. The van der Waals surface area contributed by atoms with E-state index >= 15 is 0 Å². The molecule has 0 saturated carbocycles. The van der Waals surface area contributed by atoms with E-state index in [1.807, 2.05) is 22.6 Å². The van der Waals surface area contributed by atoms with E-state index in [1.165, 1.54) is 31.2 Å². The third-order valence-electron chi connectivity index (χ3n) is 5.59. The van der Waals surface area contributed by atoms with Crippen molar-refractivity contribution < 1.29 is 47.9 Å². The molecule has 2 unspecified atom stereocenters. The molecule has 0 radical (unpaired) electrons. The lowest BCUT2D eigenvalue weighted by atomic mass is 9.76. The molecule has 0 amide bonds. The van der Waals surface area contributed by atoms with E-state index in [1.54, 1.807) is 0 Å². The molecule has 1 saturated heterocycles. The SMILES string of the molecule is CC1(C#CCCI)CN(S(=O)(=O)c2ccc(Br)cc2)CC1CC(F)(F)C(F)(F)C(F)(F)C(F)(F)F. The van der Waals surface area contributed by atoms with Crippen molar-refractivity contribution in [3.05, 3.63) is 28.7 Å². The van der Waals surface area contributed by atoms with Gasteiger partial charge in [0.1, 0.15) is 0 Å². The summed E-state index contributed by atoms with van der Waals surface area (Å²) in [5.41, 5.74) is -1.72. The monoisotopic (exact) mass is 713 g/mol. The highest BCUT2D eigenvalue weighted by molar-refractivity contribution is 14.1. The largest absolute Gasteiger partial charge is 0.460 e. The van der Waals surface area contributed by atoms with Gasteiger partial charge in [-0.25, -0.2) is 8.42 Å². The van der Waals surface area contributed by atoms with Gasteiger partial charge in [0.05, 0.1) is 4.90 Å². The van der Waals surface area contributed by atoms with Crippen molar-refractivity contribution >= 4 is 48.5 Å². The van der Waals surface area contributed by atoms with Crippen molar-refractivity contribution in [3.8, 4) is 11.8 Å². The minimum atomic E-state index is -7.02. The minimum Gasteiger partial charge on any atom is -0.207 e. The number of halogens is 11. The fourth-order valence-corrected chi connectivity index (χ4v) is 5.66. The molecule has 2 atom stereocenters. The van der Waals surface area contributed by atoms with E-state index in [9.17, 15) is 47.9 Å². The van der Waals surface area contributed by atoms with Gasteiger partial charge >= 0.3 is 23.9 Å². The third kappa shape index (κ3) is 5.90. The number of sulfonamides is 1. The molecule has 0 N–H and O–H groups in total. The predicted octanol–water partition coefficient (Wildman–Crippen LogP) is 6.76. The molecule has 0 aliphatic carbocycles. The Kier molecular flexibility index (Phi) is 8.89. The Morgan fingerprint density at radius 2 is 1.60 bits per heavy atom. The van der Waals surface area contributed by atoms with E-state index in [4.69, 9.17) is 0 Å². The normalized spacial score (nSPS) is 22.7. The lowest BCUT2D eigenvalue weighted by Crippen LogP contribution is -2.61. The van der Waals surface area contributed by atoms with Crippen molar-refractivity contribution in [1.82, 2.24) is 4.31 Å². The van der Waals surface area contributed by atoms with Gasteiger partial charge in [-0.05, 0) is 37.1 Å². The van der Waals surface area contributed by atoms with E-state index in [0.717, 1.165) is 0 Å². The Bertz CT molecular complexity index is 1080. The fourth-order valence-electron chi connectivity index (χ4n) is 3.53. The maximum Gasteiger partial charge on any atom is 0.460 e. The molecule has 198 valence electrons. The second kappa shape index (κ2) is 10.2. The zero-order valence-electron chi connectivity index (χ0n) is 17.8. The highest BCUT2D eigenvalue weighted by Gasteiger charge is 2.81. The van der Waals surface area contributed by atoms with Gasteiger partial charge in [-0.3, -0.25) is 0 Å². The van der Waals surface area contributed by atoms with Crippen molar-refractivity contribution in [2.75, 3.05) is 17.5 Å². The fraction of sp³-hybridized carbons (Fsp3) is 0.600. The van der Waals surface area contributed by atoms with E-state index in [0.29, 0.717) is 13.2 Å². The second-order valence-electron chi connectivity index (χ2n) is 8.16. The molecule has 1 heterocycles. The lowest BCUT2D eigenvalue weighted by Gasteiger charge is -2.36. The molecule has 0 spiro atoms. The van der Waals surface area contributed by atoms with Gasteiger partial charge in [0, 0.05) is 40.2 Å². The van der Waals surface area contributed by atoms with Crippen LogP contribution < -0.4 is 0 Å². The molecule has 1 aromatic rings. The van der Waals surface area contributed by atoms with Crippen LogP contribution in [0.25, 0.3) is 0 Å². The van der Waals surface area contributed by atoms with Gasteiger partial charge in [0.15, 0.2) is 0 Å². The highest BCUT2D eigenvalue weighted by atomic mass is 127. The van der Waals surface area contributed by atoms with Crippen LogP contribution in [0.2, 0.25) is 0 Å². The zero-order chi connectivity index (χ0) is 27.1. The zero-order valence-corrected chi connectivity index (χ0v) is 22.3. The van der Waals surface area contributed by atoms with Gasteiger partial charge in [-0.15, -0.1) is 5.92 Å². The first kappa shape index (κ1) is 30.5. The minimum absolute atomic E-state index is 0.223. The van der Waals surface area contributed by atoms with Crippen LogP contribution >= 0.6 is 38.5 Å².